The highest BCUT2D eigenvalue weighted by Gasteiger charge is 2.15. The Hall–Kier alpha value is -2.43. The molecule has 4 heteroatoms. The van der Waals surface area contributed by atoms with Gasteiger partial charge in [-0.2, -0.15) is 0 Å². The summed E-state index contributed by atoms with van der Waals surface area (Å²) >= 11 is 3.25. The Labute approximate surface area is 142 Å². The molecule has 0 spiro atoms. The Bertz CT molecular complexity index is 933. The maximum Gasteiger partial charge on any atom is 0.160 e. The van der Waals surface area contributed by atoms with Gasteiger partial charge in [0.15, 0.2) is 6.29 Å². The van der Waals surface area contributed by atoms with Crippen LogP contribution in [0.3, 0.4) is 0 Å². The molecule has 112 valence electrons. The predicted molar refractivity (Wildman–Crippen MR) is 97.8 cm³/mol. The first kappa shape index (κ1) is 14.2. The molecule has 2 nitrogen and oxygen atoms in total. The zero-order valence-electron chi connectivity index (χ0n) is 12.2. The first-order valence-corrected chi connectivity index (χ1v) is 8.93. The molecule has 1 aromatic carbocycles. The maximum absolute atomic E-state index is 11.0. The van der Waals surface area contributed by atoms with Crippen LogP contribution in [0, 0.1) is 0 Å². The fourth-order valence-electron chi connectivity index (χ4n) is 2.65. The summed E-state index contributed by atoms with van der Waals surface area (Å²) < 4.78 is 2.26. The minimum atomic E-state index is 0.749. The van der Waals surface area contributed by atoms with Crippen LogP contribution in [0.5, 0.6) is 0 Å². The topological polar surface area (TPSA) is 22.0 Å². The van der Waals surface area contributed by atoms with Crippen molar-refractivity contribution in [2.75, 3.05) is 0 Å². The zero-order valence-corrected chi connectivity index (χ0v) is 13.8. The summed E-state index contributed by atoms with van der Waals surface area (Å²) in [4.78, 5) is 14.1. The van der Waals surface area contributed by atoms with Crippen molar-refractivity contribution in [3.8, 4) is 26.8 Å². The van der Waals surface area contributed by atoms with E-state index in [0.717, 1.165) is 27.4 Å². The van der Waals surface area contributed by atoms with Crippen LogP contribution < -0.4 is 0 Å². The highest BCUT2D eigenvalue weighted by atomic mass is 32.1. The summed E-state index contributed by atoms with van der Waals surface area (Å²) in [6, 6.07) is 22.7. The van der Waals surface area contributed by atoms with Gasteiger partial charge in [-0.15, -0.1) is 22.7 Å². The van der Waals surface area contributed by atoms with Crippen molar-refractivity contribution in [1.29, 1.82) is 0 Å². The molecule has 3 heterocycles. The van der Waals surface area contributed by atoms with Crippen LogP contribution in [0.25, 0.3) is 26.8 Å². The predicted octanol–water partition coefficient (Wildman–Crippen LogP) is 5.75. The third kappa shape index (κ3) is 2.56. The summed E-state index contributed by atoms with van der Waals surface area (Å²) in [5.41, 5.74) is 3.40. The molecule has 0 fully saturated rings. The molecule has 0 amide bonds. The fraction of sp³-hybridized carbons (Fsp3) is 0. The highest BCUT2D eigenvalue weighted by Crippen LogP contribution is 2.36. The van der Waals surface area contributed by atoms with E-state index >= 15 is 0 Å². The summed E-state index contributed by atoms with van der Waals surface area (Å²) in [6.45, 7) is 0. The number of hydrogen-bond acceptors (Lipinski definition) is 3. The molecule has 0 aliphatic heterocycles. The molecule has 0 aliphatic carbocycles. The second-order valence-electron chi connectivity index (χ2n) is 5.07. The third-order valence-electron chi connectivity index (χ3n) is 3.66. The van der Waals surface area contributed by atoms with Crippen molar-refractivity contribution in [1.82, 2.24) is 4.57 Å². The van der Waals surface area contributed by atoms with Crippen LogP contribution in [-0.4, -0.2) is 10.9 Å². The number of carbonyl (C=O) groups excluding carboxylic acids is 1. The summed E-state index contributed by atoms with van der Waals surface area (Å²) in [5.74, 6) is 0. The molecule has 0 unspecified atom stereocenters. The lowest BCUT2D eigenvalue weighted by atomic mass is 10.2. The van der Waals surface area contributed by atoms with E-state index in [2.05, 4.69) is 46.3 Å². The van der Waals surface area contributed by atoms with E-state index in [1.54, 1.807) is 11.3 Å². The van der Waals surface area contributed by atoms with Gasteiger partial charge in [-0.25, -0.2) is 0 Å². The second-order valence-corrected chi connectivity index (χ2v) is 7.13. The van der Waals surface area contributed by atoms with Gasteiger partial charge in [0.05, 0.1) is 26.0 Å². The lowest BCUT2D eigenvalue weighted by Crippen LogP contribution is -1.97. The molecule has 23 heavy (non-hydrogen) atoms. The monoisotopic (exact) mass is 335 g/mol. The van der Waals surface area contributed by atoms with Crippen molar-refractivity contribution >= 4 is 29.0 Å². The van der Waals surface area contributed by atoms with Gasteiger partial charge in [0.2, 0.25) is 0 Å². The van der Waals surface area contributed by atoms with Crippen LogP contribution in [0.4, 0.5) is 0 Å². The van der Waals surface area contributed by atoms with Crippen molar-refractivity contribution in [3.63, 3.8) is 0 Å². The average molecular weight is 335 g/mol. The minimum absolute atomic E-state index is 0.749. The second kappa shape index (κ2) is 5.99. The fourth-order valence-corrected chi connectivity index (χ4v) is 4.23. The molecule has 0 saturated heterocycles. The first-order chi connectivity index (χ1) is 11.4. The van der Waals surface area contributed by atoms with Crippen LogP contribution >= 0.6 is 22.7 Å². The van der Waals surface area contributed by atoms with Gasteiger partial charge >= 0.3 is 0 Å². The van der Waals surface area contributed by atoms with E-state index in [9.17, 15) is 4.79 Å². The minimum Gasteiger partial charge on any atom is -0.308 e. The van der Waals surface area contributed by atoms with Crippen LogP contribution in [0.1, 0.15) is 9.67 Å². The SMILES string of the molecule is O=Cc1ccc(-c2ccc(-c3cccs3)n2-c2ccccc2)s1. The lowest BCUT2D eigenvalue weighted by molar-refractivity contribution is 0.112. The van der Waals surface area contributed by atoms with E-state index in [0.29, 0.717) is 0 Å². The van der Waals surface area contributed by atoms with Crippen LogP contribution in [-0.2, 0) is 0 Å². The van der Waals surface area contributed by atoms with Crippen molar-refractivity contribution < 1.29 is 4.79 Å². The largest absolute Gasteiger partial charge is 0.308 e. The van der Waals surface area contributed by atoms with E-state index in [4.69, 9.17) is 0 Å². The lowest BCUT2D eigenvalue weighted by Gasteiger charge is -2.12. The van der Waals surface area contributed by atoms with E-state index in [-0.39, 0.29) is 0 Å². The molecule has 4 rings (SSSR count). The van der Waals surface area contributed by atoms with Crippen molar-refractivity contribution in [2.45, 2.75) is 0 Å². The van der Waals surface area contributed by atoms with E-state index in [1.165, 1.54) is 21.9 Å². The quantitative estimate of drug-likeness (QED) is 0.435. The molecule has 0 saturated carbocycles. The number of aldehydes is 1. The summed E-state index contributed by atoms with van der Waals surface area (Å²) in [6.07, 6.45) is 0.907. The van der Waals surface area contributed by atoms with Crippen molar-refractivity contribution in [3.05, 3.63) is 77.0 Å². The van der Waals surface area contributed by atoms with Gasteiger partial charge in [0, 0.05) is 5.69 Å². The number of benzene rings is 1. The number of thiophene rings is 2. The summed E-state index contributed by atoms with van der Waals surface area (Å²) in [5, 5.41) is 2.09. The molecule has 3 aromatic heterocycles. The van der Waals surface area contributed by atoms with Gasteiger partial charge in [0.25, 0.3) is 0 Å². The van der Waals surface area contributed by atoms with Crippen LogP contribution in [0.2, 0.25) is 0 Å². The number of aromatic nitrogens is 1. The standard InChI is InChI=1S/C19H13NOS2/c21-13-15-8-11-19(23-15)17-10-9-16(18-7-4-12-22-18)20(17)14-5-2-1-3-6-14/h1-13H. The molecule has 0 aliphatic rings. The molecule has 0 N–H and O–H groups in total. The molecule has 0 atom stereocenters. The Balaban J connectivity index is 1.95. The number of rotatable bonds is 4. The number of nitrogens with zero attached hydrogens (tertiary/aromatic N) is 1. The molecular weight excluding hydrogens is 322 g/mol. The number of hydrogen-bond donors (Lipinski definition) is 0. The molecule has 0 bridgehead atoms. The Morgan fingerprint density at radius 2 is 1.57 bits per heavy atom. The average Bonchev–Trinajstić information content (AvgIpc) is 3.33. The Morgan fingerprint density at radius 1 is 0.783 bits per heavy atom. The third-order valence-corrected chi connectivity index (χ3v) is 5.59. The van der Waals surface area contributed by atoms with Crippen molar-refractivity contribution in [2.24, 2.45) is 0 Å². The summed E-state index contributed by atoms with van der Waals surface area (Å²) in [7, 11) is 0. The molecule has 0 radical (unpaired) electrons. The van der Waals surface area contributed by atoms with Gasteiger partial charge in [0.1, 0.15) is 0 Å². The first-order valence-electron chi connectivity index (χ1n) is 7.23. The van der Waals surface area contributed by atoms with E-state index < -0.39 is 0 Å². The molecule has 4 aromatic rings. The van der Waals surface area contributed by atoms with Gasteiger partial charge in [-0.05, 0) is 47.8 Å². The van der Waals surface area contributed by atoms with Gasteiger partial charge in [-0.3, -0.25) is 4.79 Å². The smallest absolute Gasteiger partial charge is 0.160 e. The number of para-hydroxylation sites is 1. The van der Waals surface area contributed by atoms with Gasteiger partial charge in [-0.1, -0.05) is 24.3 Å². The van der Waals surface area contributed by atoms with Crippen LogP contribution in [0.15, 0.2) is 72.1 Å². The molecular formula is C19H13NOS2. The zero-order chi connectivity index (χ0) is 15.6. The Morgan fingerprint density at radius 3 is 2.22 bits per heavy atom. The highest BCUT2D eigenvalue weighted by molar-refractivity contribution is 7.17. The number of carbonyl (C=O) groups is 1. The van der Waals surface area contributed by atoms with Gasteiger partial charge < -0.3 is 4.57 Å². The normalized spacial score (nSPS) is 10.8. The maximum atomic E-state index is 11.0. The van der Waals surface area contributed by atoms with E-state index in [1.807, 2.05) is 30.3 Å². The Kier molecular flexibility index (Phi) is 3.69.